The Balaban J connectivity index is 1.82. The molecule has 2 rings (SSSR count). The Hall–Kier alpha value is -0.440. The molecule has 0 unspecified atom stereocenters. The maximum Gasteiger partial charge on any atom is 0.0235 e. The van der Waals surface area contributed by atoms with E-state index in [4.69, 9.17) is 11.6 Å². The number of benzene rings is 1. The van der Waals surface area contributed by atoms with E-state index in [-0.39, 0.29) is 0 Å². The molecular weight excluding hydrogens is 250 g/mol. The van der Waals surface area contributed by atoms with Crippen LogP contribution in [0.15, 0.2) is 46.2 Å². The van der Waals surface area contributed by atoms with Crippen molar-refractivity contribution in [3.05, 3.63) is 41.3 Å². The lowest BCUT2D eigenvalue weighted by molar-refractivity contribution is 0.299. The highest BCUT2D eigenvalue weighted by Gasteiger charge is 2.11. The van der Waals surface area contributed by atoms with Crippen LogP contribution in [-0.2, 0) is 0 Å². The zero-order chi connectivity index (χ0) is 11.9. The van der Waals surface area contributed by atoms with Gasteiger partial charge in [0.2, 0.25) is 0 Å². The van der Waals surface area contributed by atoms with Crippen LogP contribution in [0.2, 0.25) is 0 Å². The molecule has 0 saturated heterocycles. The number of hydrogen-bond acceptors (Lipinski definition) is 2. The fourth-order valence-electron chi connectivity index (χ4n) is 1.91. The molecule has 0 amide bonds. The van der Waals surface area contributed by atoms with Gasteiger partial charge in [0, 0.05) is 23.9 Å². The van der Waals surface area contributed by atoms with E-state index in [0.717, 1.165) is 25.4 Å². The van der Waals surface area contributed by atoms with Gasteiger partial charge >= 0.3 is 0 Å². The van der Waals surface area contributed by atoms with Crippen LogP contribution < -0.4 is 0 Å². The summed E-state index contributed by atoms with van der Waals surface area (Å²) in [7, 11) is 0. The first-order chi connectivity index (χ1) is 8.38. The van der Waals surface area contributed by atoms with E-state index in [2.05, 4.69) is 41.3 Å². The largest absolute Gasteiger partial charge is 0.299 e. The van der Waals surface area contributed by atoms with Crippen molar-refractivity contribution in [3.63, 3.8) is 0 Å². The maximum atomic E-state index is 5.71. The van der Waals surface area contributed by atoms with Crippen molar-refractivity contribution in [1.82, 2.24) is 4.90 Å². The van der Waals surface area contributed by atoms with Gasteiger partial charge in [0.25, 0.3) is 0 Å². The van der Waals surface area contributed by atoms with Gasteiger partial charge in [-0.1, -0.05) is 36.0 Å². The van der Waals surface area contributed by atoms with Crippen LogP contribution in [0.5, 0.6) is 0 Å². The van der Waals surface area contributed by atoms with Crippen molar-refractivity contribution in [1.29, 1.82) is 0 Å². The highest BCUT2D eigenvalue weighted by molar-refractivity contribution is 8.03. The molecule has 0 aliphatic carbocycles. The summed E-state index contributed by atoms with van der Waals surface area (Å²) >= 11 is 7.61. The second kappa shape index (κ2) is 7.10. The summed E-state index contributed by atoms with van der Waals surface area (Å²) < 4.78 is 0. The maximum absolute atomic E-state index is 5.71. The Bertz CT molecular complexity index is 364. The summed E-state index contributed by atoms with van der Waals surface area (Å²) in [5.41, 5.74) is 0. The Labute approximate surface area is 113 Å². The van der Waals surface area contributed by atoms with Crippen molar-refractivity contribution in [2.45, 2.75) is 17.7 Å². The van der Waals surface area contributed by atoms with E-state index >= 15 is 0 Å². The van der Waals surface area contributed by atoms with Crippen LogP contribution in [0, 0.1) is 0 Å². The fraction of sp³-hybridized carbons (Fsp3) is 0.429. The number of alkyl halides is 1. The molecule has 0 N–H and O–H groups in total. The van der Waals surface area contributed by atoms with E-state index in [1.807, 2.05) is 11.8 Å². The molecular formula is C14H18ClNS. The monoisotopic (exact) mass is 267 g/mol. The van der Waals surface area contributed by atoms with Gasteiger partial charge in [0.15, 0.2) is 0 Å². The minimum Gasteiger partial charge on any atom is -0.299 e. The molecule has 1 nitrogen and oxygen atoms in total. The zero-order valence-corrected chi connectivity index (χ0v) is 11.5. The molecule has 0 atom stereocenters. The van der Waals surface area contributed by atoms with Gasteiger partial charge in [-0.2, -0.15) is 0 Å². The first-order valence-electron chi connectivity index (χ1n) is 6.09. The molecule has 1 aliphatic heterocycles. The summed E-state index contributed by atoms with van der Waals surface area (Å²) in [6.45, 7) is 3.37. The molecule has 17 heavy (non-hydrogen) atoms. The van der Waals surface area contributed by atoms with Gasteiger partial charge in [-0.15, -0.1) is 11.6 Å². The molecule has 1 aromatic carbocycles. The molecule has 0 bridgehead atoms. The fourth-order valence-corrected chi connectivity index (χ4v) is 2.98. The predicted octanol–water partition coefficient (Wildman–Crippen LogP) is 4.00. The van der Waals surface area contributed by atoms with Crippen LogP contribution in [0.1, 0.15) is 12.8 Å². The third-order valence-electron chi connectivity index (χ3n) is 2.85. The van der Waals surface area contributed by atoms with Crippen molar-refractivity contribution >= 4 is 23.4 Å². The van der Waals surface area contributed by atoms with Crippen LogP contribution in [-0.4, -0.2) is 30.4 Å². The third kappa shape index (κ3) is 4.38. The van der Waals surface area contributed by atoms with Crippen LogP contribution in [0.4, 0.5) is 0 Å². The first kappa shape index (κ1) is 13.0. The van der Waals surface area contributed by atoms with Crippen molar-refractivity contribution < 1.29 is 0 Å². The lowest BCUT2D eigenvalue weighted by Crippen LogP contribution is -2.29. The summed E-state index contributed by atoms with van der Waals surface area (Å²) in [5, 5.41) is 0. The van der Waals surface area contributed by atoms with Crippen LogP contribution in [0.3, 0.4) is 0 Å². The number of rotatable bonds is 5. The quantitative estimate of drug-likeness (QED) is 0.742. The van der Waals surface area contributed by atoms with Crippen molar-refractivity contribution in [3.8, 4) is 0 Å². The summed E-state index contributed by atoms with van der Waals surface area (Å²) in [4.78, 5) is 5.31. The van der Waals surface area contributed by atoms with E-state index in [0.29, 0.717) is 0 Å². The van der Waals surface area contributed by atoms with Gasteiger partial charge in [0.1, 0.15) is 0 Å². The van der Waals surface area contributed by atoms with Gasteiger partial charge in [-0.3, -0.25) is 4.90 Å². The topological polar surface area (TPSA) is 3.24 Å². The number of nitrogens with zero attached hydrogens (tertiary/aromatic N) is 1. The molecule has 1 heterocycles. The number of thioether (sulfide) groups is 1. The van der Waals surface area contributed by atoms with Gasteiger partial charge in [0.05, 0.1) is 0 Å². The van der Waals surface area contributed by atoms with Gasteiger partial charge in [-0.05, 0) is 36.4 Å². The van der Waals surface area contributed by atoms with E-state index in [9.17, 15) is 0 Å². The van der Waals surface area contributed by atoms with Gasteiger partial charge < -0.3 is 0 Å². The zero-order valence-electron chi connectivity index (χ0n) is 9.94. The third-order valence-corrected chi connectivity index (χ3v) is 4.26. The van der Waals surface area contributed by atoms with Crippen molar-refractivity contribution in [2.24, 2.45) is 0 Å². The van der Waals surface area contributed by atoms with Gasteiger partial charge in [-0.25, -0.2) is 0 Å². The second-order valence-electron chi connectivity index (χ2n) is 4.18. The smallest absolute Gasteiger partial charge is 0.0235 e. The molecule has 0 radical (unpaired) electrons. The lowest BCUT2D eigenvalue weighted by Gasteiger charge is -2.25. The Morgan fingerprint density at radius 2 is 2.06 bits per heavy atom. The molecule has 0 spiro atoms. The molecule has 1 aliphatic rings. The molecule has 0 fully saturated rings. The summed E-state index contributed by atoms with van der Waals surface area (Å²) in [5.74, 6) is 0.770. The van der Waals surface area contributed by atoms with Crippen LogP contribution in [0.25, 0.3) is 0 Å². The minimum atomic E-state index is 0.770. The Morgan fingerprint density at radius 1 is 1.24 bits per heavy atom. The lowest BCUT2D eigenvalue weighted by atomic mass is 10.2. The van der Waals surface area contributed by atoms with E-state index in [1.165, 1.54) is 22.8 Å². The Morgan fingerprint density at radius 3 is 2.71 bits per heavy atom. The SMILES string of the molecule is ClCCCN1CC=C(Sc2ccccc2)CC1. The average Bonchev–Trinajstić information content (AvgIpc) is 2.39. The predicted molar refractivity (Wildman–Crippen MR) is 76.8 cm³/mol. The molecule has 92 valence electrons. The molecule has 3 heteroatoms. The van der Waals surface area contributed by atoms with Crippen molar-refractivity contribution in [2.75, 3.05) is 25.5 Å². The highest BCUT2D eigenvalue weighted by atomic mass is 35.5. The number of hydrogen-bond donors (Lipinski definition) is 0. The van der Waals surface area contributed by atoms with E-state index < -0.39 is 0 Å². The highest BCUT2D eigenvalue weighted by Crippen LogP contribution is 2.30. The average molecular weight is 268 g/mol. The van der Waals surface area contributed by atoms with Crippen LogP contribution >= 0.6 is 23.4 Å². The van der Waals surface area contributed by atoms with E-state index in [1.54, 1.807) is 0 Å². The molecule has 1 aromatic rings. The Kier molecular flexibility index (Phi) is 5.43. The molecule has 0 aromatic heterocycles. The standard InChI is InChI=1S/C14H18ClNS/c15-9-4-10-16-11-7-14(8-12-16)17-13-5-2-1-3-6-13/h1-3,5-7H,4,8-12H2. The normalized spacial score (nSPS) is 16.9. The molecule has 0 saturated carbocycles. The first-order valence-corrected chi connectivity index (χ1v) is 7.44. The summed E-state index contributed by atoms with van der Waals surface area (Å²) in [6.07, 6.45) is 4.62. The summed E-state index contributed by atoms with van der Waals surface area (Å²) in [6, 6.07) is 10.6. The minimum absolute atomic E-state index is 0.770. The second-order valence-corrected chi connectivity index (χ2v) is 5.76. The number of halogens is 1.